The van der Waals surface area contributed by atoms with E-state index in [1.54, 1.807) is 27.2 Å². The molecule has 3 rings (SSSR count). The third kappa shape index (κ3) is 4.83. The minimum absolute atomic E-state index is 0.261. The molecule has 0 saturated carbocycles. The minimum Gasteiger partial charge on any atom is -0.493 e. The molecule has 1 N–H and O–H groups in total. The molecule has 1 amide bonds. The molecule has 7 nitrogen and oxygen atoms in total. The summed E-state index contributed by atoms with van der Waals surface area (Å²) < 4.78 is 11.7. The normalized spacial score (nSPS) is 11.7. The maximum absolute atomic E-state index is 12.6. The zero-order chi connectivity index (χ0) is 20.8. The molecule has 0 saturated heterocycles. The number of carbonyl (C=O) groups excluding carboxylic acids is 1. The van der Waals surface area contributed by atoms with Gasteiger partial charge in [0, 0.05) is 12.6 Å². The molecular formula is C21H23N3O4S. The first kappa shape index (κ1) is 20.6. The van der Waals surface area contributed by atoms with Crippen LogP contribution in [-0.2, 0) is 11.2 Å². The van der Waals surface area contributed by atoms with Gasteiger partial charge in [-0.05, 0) is 48.6 Å². The monoisotopic (exact) mass is 413 g/mol. The van der Waals surface area contributed by atoms with Gasteiger partial charge >= 0.3 is 0 Å². The highest BCUT2D eigenvalue weighted by Gasteiger charge is 2.18. The molecule has 3 aromatic rings. The minimum atomic E-state index is -0.715. The molecule has 1 unspecified atom stereocenters. The number of rotatable bonds is 8. The van der Waals surface area contributed by atoms with E-state index in [0.717, 1.165) is 10.4 Å². The Morgan fingerprint density at radius 1 is 1.17 bits per heavy atom. The van der Waals surface area contributed by atoms with Crippen molar-refractivity contribution in [2.24, 2.45) is 0 Å². The number of aromatic nitrogens is 2. The van der Waals surface area contributed by atoms with Gasteiger partial charge in [0.25, 0.3) is 5.56 Å². The van der Waals surface area contributed by atoms with Gasteiger partial charge in [-0.25, -0.2) is 4.68 Å². The highest BCUT2D eigenvalue weighted by molar-refractivity contribution is 7.13. The van der Waals surface area contributed by atoms with E-state index in [-0.39, 0.29) is 11.5 Å². The van der Waals surface area contributed by atoms with E-state index in [0.29, 0.717) is 30.2 Å². The zero-order valence-corrected chi connectivity index (χ0v) is 17.4. The lowest BCUT2D eigenvalue weighted by Gasteiger charge is -2.15. The summed E-state index contributed by atoms with van der Waals surface area (Å²) in [6, 6.07) is 11.9. The number of ether oxygens (including phenoxy) is 2. The molecule has 2 aromatic heterocycles. The van der Waals surface area contributed by atoms with Crippen LogP contribution in [0, 0.1) is 0 Å². The largest absolute Gasteiger partial charge is 0.493 e. The van der Waals surface area contributed by atoms with E-state index in [4.69, 9.17) is 9.47 Å². The standard InChI is InChI=1S/C21H23N3O4S/c1-14(24-20(25)9-7-16(23-24)19-5-4-12-29-19)21(26)22-11-10-15-6-8-17(27-2)18(13-15)28-3/h4-9,12-14H,10-11H2,1-3H3,(H,22,26). The van der Waals surface area contributed by atoms with Crippen LogP contribution in [0.4, 0.5) is 0 Å². The van der Waals surface area contributed by atoms with Crippen LogP contribution in [0.1, 0.15) is 18.5 Å². The Bertz CT molecular complexity index is 1030. The fourth-order valence-electron chi connectivity index (χ4n) is 2.88. The van der Waals surface area contributed by atoms with Gasteiger partial charge in [-0.2, -0.15) is 5.10 Å². The molecular weight excluding hydrogens is 390 g/mol. The van der Waals surface area contributed by atoms with Crippen LogP contribution in [0.3, 0.4) is 0 Å². The maximum atomic E-state index is 12.6. The van der Waals surface area contributed by atoms with E-state index in [1.165, 1.54) is 22.1 Å². The molecule has 0 spiro atoms. The van der Waals surface area contributed by atoms with E-state index in [1.807, 2.05) is 35.7 Å². The molecule has 8 heteroatoms. The summed E-state index contributed by atoms with van der Waals surface area (Å²) in [7, 11) is 3.17. The number of carbonyl (C=O) groups is 1. The van der Waals surface area contributed by atoms with Crippen molar-refractivity contribution in [1.29, 1.82) is 0 Å². The number of nitrogens with zero attached hydrogens (tertiary/aromatic N) is 2. The van der Waals surface area contributed by atoms with Crippen LogP contribution in [0.2, 0.25) is 0 Å². The fourth-order valence-corrected chi connectivity index (χ4v) is 3.57. The van der Waals surface area contributed by atoms with Crippen molar-refractivity contribution in [2.45, 2.75) is 19.4 Å². The van der Waals surface area contributed by atoms with Gasteiger partial charge in [-0.3, -0.25) is 9.59 Å². The quantitative estimate of drug-likeness (QED) is 0.614. The van der Waals surface area contributed by atoms with Crippen molar-refractivity contribution in [3.63, 3.8) is 0 Å². The molecule has 0 fully saturated rings. The molecule has 152 valence electrons. The molecule has 0 aliphatic rings. The first-order chi connectivity index (χ1) is 14.0. The van der Waals surface area contributed by atoms with Crippen molar-refractivity contribution in [1.82, 2.24) is 15.1 Å². The van der Waals surface area contributed by atoms with Crippen molar-refractivity contribution >= 4 is 17.2 Å². The molecule has 0 radical (unpaired) electrons. The number of thiophene rings is 1. The van der Waals surface area contributed by atoms with Gasteiger partial charge < -0.3 is 14.8 Å². The Morgan fingerprint density at radius 3 is 2.66 bits per heavy atom. The third-order valence-corrected chi connectivity index (χ3v) is 5.40. The van der Waals surface area contributed by atoms with E-state index in [9.17, 15) is 9.59 Å². The lowest BCUT2D eigenvalue weighted by molar-refractivity contribution is -0.124. The lowest BCUT2D eigenvalue weighted by atomic mass is 10.1. The van der Waals surface area contributed by atoms with Crippen molar-refractivity contribution in [3.8, 4) is 22.1 Å². The molecule has 29 heavy (non-hydrogen) atoms. The summed E-state index contributed by atoms with van der Waals surface area (Å²) in [5.41, 5.74) is 1.36. The Balaban J connectivity index is 1.64. The Labute approximate surface area is 172 Å². The van der Waals surface area contributed by atoms with Crippen LogP contribution in [0.5, 0.6) is 11.5 Å². The Kier molecular flexibility index (Phi) is 6.66. The highest BCUT2D eigenvalue weighted by atomic mass is 32.1. The predicted molar refractivity (Wildman–Crippen MR) is 113 cm³/mol. The molecule has 0 aliphatic heterocycles. The number of amides is 1. The first-order valence-corrected chi connectivity index (χ1v) is 10.0. The van der Waals surface area contributed by atoms with Gasteiger partial charge in [0.05, 0.1) is 19.1 Å². The van der Waals surface area contributed by atoms with Crippen LogP contribution < -0.4 is 20.3 Å². The van der Waals surface area contributed by atoms with Crippen LogP contribution in [0.15, 0.2) is 52.6 Å². The van der Waals surface area contributed by atoms with E-state index < -0.39 is 6.04 Å². The summed E-state index contributed by atoms with van der Waals surface area (Å²) in [5.74, 6) is 1.04. The van der Waals surface area contributed by atoms with E-state index >= 15 is 0 Å². The Hall–Kier alpha value is -3.13. The maximum Gasteiger partial charge on any atom is 0.267 e. The molecule has 2 heterocycles. The van der Waals surface area contributed by atoms with Gasteiger partial charge in [0.1, 0.15) is 11.7 Å². The second-order valence-corrected chi connectivity index (χ2v) is 7.33. The average Bonchev–Trinajstić information content (AvgIpc) is 3.28. The summed E-state index contributed by atoms with van der Waals surface area (Å²) in [6.45, 7) is 2.09. The fraction of sp³-hybridized carbons (Fsp3) is 0.286. The van der Waals surface area contributed by atoms with Crippen LogP contribution in [0.25, 0.3) is 10.6 Å². The summed E-state index contributed by atoms with van der Waals surface area (Å²) in [6.07, 6.45) is 0.621. The van der Waals surface area contributed by atoms with Gasteiger partial charge in [-0.1, -0.05) is 12.1 Å². The summed E-state index contributed by atoms with van der Waals surface area (Å²) >= 11 is 1.53. The number of hydrogen-bond donors (Lipinski definition) is 1. The number of nitrogens with one attached hydrogen (secondary N) is 1. The number of methoxy groups -OCH3 is 2. The lowest BCUT2D eigenvalue weighted by Crippen LogP contribution is -2.37. The Morgan fingerprint density at radius 2 is 1.97 bits per heavy atom. The average molecular weight is 413 g/mol. The predicted octanol–water partition coefficient (Wildman–Crippen LogP) is 2.91. The number of hydrogen-bond acceptors (Lipinski definition) is 6. The second-order valence-electron chi connectivity index (χ2n) is 6.39. The smallest absolute Gasteiger partial charge is 0.267 e. The van der Waals surface area contributed by atoms with Gasteiger partial charge in [-0.15, -0.1) is 11.3 Å². The van der Waals surface area contributed by atoms with Crippen molar-refractivity contribution in [3.05, 3.63) is 63.8 Å². The molecule has 1 atom stereocenters. The summed E-state index contributed by atoms with van der Waals surface area (Å²) in [4.78, 5) is 25.7. The summed E-state index contributed by atoms with van der Waals surface area (Å²) in [5, 5.41) is 9.18. The SMILES string of the molecule is COc1ccc(CCNC(=O)C(C)n2nc(-c3cccs3)ccc2=O)cc1OC. The first-order valence-electron chi connectivity index (χ1n) is 9.16. The molecule has 0 bridgehead atoms. The van der Waals surface area contributed by atoms with Crippen molar-refractivity contribution in [2.75, 3.05) is 20.8 Å². The third-order valence-electron chi connectivity index (χ3n) is 4.51. The molecule has 1 aromatic carbocycles. The van der Waals surface area contributed by atoms with Gasteiger partial charge in [0.15, 0.2) is 11.5 Å². The topological polar surface area (TPSA) is 82.5 Å². The number of benzene rings is 1. The molecule has 0 aliphatic carbocycles. The zero-order valence-electron chi connectivity index (χ0n) is 16.5. The second kappa shape index (κ2) is 9.38. The van der Waals surface area contributed by atoms with Crippen LogP contribution in [-0.4, -0.2) is 36.5 Å². The van der Waals surface area contributed by atoms with Gasteiger partial charge in [0.2, 0.25) is 5.91 Å². The van der Waals surface area contributed by atoms with E-state index in [2.05, 4.69) is 10.4 Å². The van der Waals surface area contributed by atoms with Crippen molar-refractivity contribution < 1.29 is 14.3 Å². The van der Waals surface area contributed by atoms with Crippen LogP contribution >= 0.6 is 11.3 Å². The highest BCUT2D eigenvalue weighted by Crippen LogP contribution is 2.27.